The fraction of sp³-hybridized carbons (Fsp3) is 0.438. The number of halogens is 3. The van der Waals surface area contributed by atoms with E-state index in [9.17, 15) is 18.0 Å². The highest BCUT2D eigenvalue weighted by molar-refractivity contribution is 7.98. The van der Waals surface area contributed by atoms with Gasteiger partial charge in [0.05, 0.1) is 5.69 Å². The van der Waals surface area contributed by atoms with Gasteiger partial charge in [-0.25, -0.2) is 18.0 Å². The molecule has 2 aromatic carbocycles. The van der Waals surface area contributed by atoms with Crippen LogP contribution in [0.4, 0.5) is 23.7 Å². The van der Waals surface area contributed by atoms with Gasteiger partial charge in [0.15, 0.2) is 11.5 Å². The number of aromatic nitrogens is 1. The van der Waals surface area contributed by atoms with Crippen LogP contribution in [0.3, 0.4) is 0 Å². The van der Waals surface area contributed by atoms with Crippen molar-refractivity contribution in [2.24, 2.45) is 0 Å². The van der Waals surface area contributed by atoms with Gasteiger partial charge < -0.3 is 28.7 Å². The molecule has 1 aromatic heterocycles. The second-order valence-electron chi connectivity index (χ2n) is 11.1. The van der Waals surface area contributed by atoms with Crippen molar-refractivity contribution in [2.75, 3.05) is 44.8 Å². The van der Waals surface area contributed by atoms with Crippen molar-refractivity contribution in [1.82, 2.24) is 9.88 Å². The van der Waals surface area contributed by atoms with Gasteiger partial charge >= 0.3 is 6.09 Å². The van der Waals surface area contributed by atoms with E-state index < -0.39 is 26.2 Å². The van der Waals surface area contributed by atoms with E-state index in [-0.39, 0.29) is 29.4 Å². The van der Waals surface area contributed by atoms with Crippen molar-refractivity contribution < 1.29 is 36.9 Å². The minimum atomic E-state index is -1.23. The van der Waals surface area contributed by atoms with Crippen LogP contribution in [0.5, 0.6) is 17.2 Å². The van der Waals surface area contributed by atoms with Gasteiger partial charge in [-0.1, -0.05) is 0 Å². The molecule has 1 saturated heterocycles. The monoisotopic (exact) mass is 633 g/mol. The Morgan fingerprint density at radius 3 is 2.11 bits per heavy atom. The Balaban J connectivity index is 1.62. The fourth-order valence-corrected chi connectivity index (χ4v) is 5.48. The Bertz CT molecular complexity index is 1360. The van der Waals surface area contributed by atoms with E-state index in [1.807, 2.05) is 39.2 Å². The minimum Gasteiger partial charge on any atom is -0.459 e. The van der Waals surface area contributed by atoms with Gasteiger partial charge in [-0.3, -0.25) is 4.98 Å². The molecular weight excluding hydrogens is 595 g/mol. The number of alkyl halides is 3. The number of amides is 1. The lowest BCUT2D eigenvalue weighted by molar-refractivity contribution is 0.0204. The molecule has 0 spiro atoms. The number of pyridine rings is 1. The molecule has 0 radical (unpaired) electrons. The zero-order chi connectivity index (χ0) is 31.7. The molecule has 0 aliphatic carbocycles. The van der Waals surface area contributed by atoms with E-state index in [4.69, 9.17) is 18.9 Å². The molecule has 8 nitrogen and oxygen atoms in total. The van der Waals surface area contributed by atoms with Crippen molar-refractivity contribution in [2.45, 2.75) is 56.7 Å². The molecule has 1 fully saturated rings. The molecule has 12 heteroatoms. The number of ether oxygens (including phenoxy) is 4. The zero-order valence-electron chi connectivity index (χ0n) is 25.4. The SMILES string of the molecule is CSc1ccc(N(Cc2ccnc(-c3cc(OCF)c(OCF)c(OCF)c3)c2)C2CCN(C(=O)OC(C)(C)C)CC2)cc1. The predicted molar refractivity (Wildman–Crippen MR) is 165 cm³/mol. The Labute approximate surface area is 260 Å². The third-order valence-corrected chi connectivity index (χ3v) is 7.82. The summed E-state index contributed by atoms with van der Waals surface area (Å²) >= 11 is 1.67. The summed E-state index contributed by atoms with van der Waals surface area (Å²) in [5.41, 5.74) is 2.37. The zero-order valence-corrected chi connectivity index (χ0v) is 26.2. The van der Waals surface area contributed by atoms with Crippen LogP contribution in [-0.2, 0) is 11.3 Å². The Morgan fingerprint density at radius 1 is 0.955 bits per heavy atom. The van der Waals surface area contributed by atoms with Crippen LogP contribution >= 0.6 is 11.8 Å². The maximum Gasteiger partial charge on any atom is 0.410 e. The van der Waals surface area contributed by atoms with Crippen LogP contribution in [0.1, 0.15) is 39.2 Å². The number of anilines is 1. The fourth-order valence-electron chi connectivity index (χ4n) is 5.07. The van der Waals surface area contributed by atoms with E-state index in [1.54, 1.807) is 22.9 Å². The molecule has 2 heterocycles. The molecule has 238 valence electrons. The summed E-state index contributed by atoms with van der Waals surface area (Å²) in [6.45, 7) is 3.62. The van der Waals surface area contributed by atoms with Crippen LogP contribution in [0.2, 0.25) is 0 Å². The predicted octanol–water partition coefficient (Wildman–Crippen LogP) is 7.79. The molecule has 1 aliphatic heterocycles. The number of thioether (sulfide) groups is 1. The Morgan fingerprint density at radius 2 is 1.57 bits per heavy atom. The Hall–Kier alpha value is -3.80. The first-order chi connectivity index (χ1) is 21.1. The number of rotatable bonds is 12. The second kappa shape index (κ2) is 15.3. The molecule has 44 heavy (non-hydrogen) atoms. The molecule has 4 rings (SSSR count). The number of likely N-dealkylation sites (tertiary alicyclic amines) is 1. The van der Waals surface area contributed by atoms with Gasteiger partial charge in [-0.05, 0) is 94.0 Å². The third kappa shape index (κ3) is 8.64. The highest BCUT2D eigenvalue weighted by Crippen LogP contribution is 2.42. The summed E-state index contributed by atoms with van der Waals surface area (Å²) in [5.74, 6) is -0.503. The van der Waals surface area contributed by atoms with E-state index in [0.717, 1.165) is 29.0 Å². The smallest absolute Gasteiger partial charge is 0.410 e. The summed E-state index contributed by atoms with van der Waals surface area (Å²) in [6, 6.07) is 15.2. The lowest BCUT2D eigenvalue weighted by Crippen LogP contribution is -2.48. The average Bonchev–Trinajstić information content (AvgIpc) is 3.01. The maximum absolute atomic E-state index is 13.1. The summed E-state index contributed by atoms with van der Waals surface area (Å²) in [7, 11) is 0. The van der Waals surface area contributed by atoms with Gasteiger partial charge in [0.25, 0.3) is 0 Å². The van der Waals surface area contributed by atoms with E-state index in [2.05, 4.69) is 34.1 Å². The van der Waals surface area contributed by atoms with Crippen LogP contribution < -0.4 is 19.1 Å². The number of carbonyl (C=O) groups is 1. The minimum absolute atomic E-state index is 0.134. The van der Waals surface area contributed by atoms with E-state index in [0.29, 0.717) is 30.9 Å². The van der Waals surface area contributed by atoms with Crippen LogP contribution in [0.25, 0.3) is 11.3 Å². The number of benzene rings is 2. The first-order valence-electron chi connectivity index (χ1n) is 14.2. The number of hydrogen-bond acceptors (Lipinski definition) is 8. The van der Waals surface area contributed by atoms with Gasteiger partial charge in [0.2, 0.25) is 26.3 Å². The summed E-state index contributed by atoms with van der Waals surface area (Å²) in [4.78, 5) is 22.4. The molecule has 1 amide bonds. The topological polar surface area (TPSA) is 73.4 Å². The normalized spacial score (nSPS) is 13.8. The number of carbonyl (C=O) groups excluding carboxylic acids is 1. The van der Waals surface area contributed by atoms with Crippen LogP contribution in [-0.4, -0.2) is 67.5 Å². The molecule has 0 atom stereocenters. The summed E-state index contributed by atoms with van der Waals surface area (Å²) in [6.07, 6.45) is 4.89. The summed E-state index contributed by atoms with van der Waals surface area (Å²) < 4.78 is 59.8. The van der Waals surface area contributed by atoms with Gasteiger partial charge in [0, 0.05) is 48.0 Å². The third-order valence-electron chi connectivity index (χ3n) is 7.07. The molecule has 0 N–H and O–H groups in total. The standard InChI is InChI=1S/C32H38F3N3O5S/c1-32(2,3)43-31(39)37-13-10-25(11-14-37)38(24-5-7-26(44-4)8-6-24)18-22-9-12-36-27(15-22)23-16-28(40-19-33)30(42-21-35)29(17-23)41-20-34/h5-9,12,15-17,25H,10-11,13-14,18-21H2,1-4H3. The first kappa shape index (κ1) is 33.1. The second-order valence-corrected chi connectivity index (χ2v) is 12.0. The van der Waals surface area contributed by atoms with E-state index >= 15 is 0 Å². The van der Waals surface area contributed by atoms with Crippen molar-refractivity contribution in [3.05, 3.63) is 60.3 Å². The van der Waals surface area contributed by atoms with Crippen molar-refractivity contribution in [3.63, 3.8) is 0 Å². The molecule has 3 aromatic rings. The quantitative estimate of drug-likeness (QED) is 0.187. The number of hydrogen-bond donors (Lipinski definition) is 0. The average molecular weight is 634 g/mol. The molecule has 0 unspecified atom stereocenters. The van der Waals surface area contributed by atoms with Crippen molar-refractivity contribution >= 4 is 23.5 Å². The lowest BCUT2D eigenvalue weighted by Gasteiger charge is -2.40. The van der Waals surface area contributed by atoms with Crippen LogP contribution in [0.15, 0.2) is 59.6 Å². The van der Waals surface area contributed by atoms with Crippen molar-refractivity contribution in [1.29, 1.82) is 0 Å². The maximum atomic E-state index is 13.1. The number of nitrogens with zero attached hydrogens (tertiary/aromatic N) is 3. The Kier molecular flexibility index (Phi) is 11.5. The van der Waals surface area contributed by atoms with E-state index in [1.165, 1.54) is 12.1 Å². The highest BCUT2D eigenvalue weighted by Gasteiger charge is 2.30. The molecular formula is C32H38F3N3O5S. The molecule has 0 bridgehead atoms. The van der Waals surface area contributed by atoms with Gasteiger partial charge in [-0.2, -0.15) is 0 Å². The molecule has 0 saturated carbocycles. The first-order valence-corrected chi connectivity index (χ1v) is 15.5. The number of piperidine rings is 1. The largest absolute Gasteiger partial charge is 0.459 e. The molecule has 1 aliphatic rings. The van der Waals surface area contributed by atoms with Crippen LogP contribution in [0, 0.1) is 0 Å². The van der Waals surface area contributed by atoms with Gasteiger partial charge in [-0.15, -0.1) is 11.8 Å². The van der Waals surface area contributed by atoms with Crippen molar-refractivity contribution in [3.8, 4) is 28.5 Å². The van der Waals surface area contributed by atoms with Gasteiger partial charge in [0.1, 0.15) is 5.60 Å². The highest BCUT2D eigenvalue weighted by atomic mass is 32.2. The lowest BCUT2D eigenvalue weighted by atomic mass is 10.0. The summed E-state index contributed by atoms with van der Waals surface area (Å²) in [5, 5.41) is 0.